The van der Waals surface area contributed by atoms with E-state index in [1.54, 1.807) is 0 Å². The van der Waals surface area contributed by atoms with E-state index >= 15 is 0 Å². The van der Waals surface area contributed by atoms with E-state index in [1.165, 1.54) is 0 Å². The van der Waals surface area contributed by atoms with Crippen molar-refractivity contribution in [1.29, 1.82) is 0 Å². The van der Waals surface area contributed by atoms with Crippen LogP contribution in [0.2, 0.25) is 6.04 Å². The van der Waals surface area contributed by atoms with Crippen molar-refractivity contribution in [3.8, 4) is 0 Å². The Morgan fingerprint density at radius 2 is 1.88 bits per heavy atom. The van der Waals surface area contributed by atoms with E-state index in [2.05, 4.69) is 0 Å². The van der Waals surface area contributed by atoms with Crippen LogP contribution < -0.4 is 0 Å². The van der Waals surface area contributed by atoms with Crippen molar-refractivity contribution in [3.63, 3.8) is 0 Å². The molecule has 0 aromatic heterocycles. The van der Waals surface area contributed by atoms with Gasteiger partial charge in [0, 0.05) is 10.2 Å². The lowest BCUT2D eigenvalue weighted by molar-refractivity contribution is 0.358. The van der Waals surface area contributed by atoms with Crippen molar-refractivity contribution in [1.82, 2.24) is 4.90 Å². The molecule has 0 fully saturated rings. The Bertz CT molecular complexity index is 74.4. The minimum atomic E-state index is -0.619. The van der Waals surface area contributed by atoms with Gasteiger partial charge < -0.3 is 0 Å². The molecule has 0 amide bonds. The fourth-order valence-electron chi connectivity index (χ4n) is 0.316. The number of hydrogen-bond donors (Lipinski definition) is 0. The molecule has 0 rings (SSSR count). The van der Waals surface area contributed by atoms with Crippen molar-refractivity contribution in [3.05, 3.63) is 0 Å². The molecule has 0 aromatic carbocycles. The van der Waals surface area contributed by atoms with Crippen LogP contribution in [-0.4, -0.2) is 33.7 Å². The second kappa shape index (κ2) is 3.06. The minimum absolute atomic E-state index is 0.619. The molecule has 4 heteroatoms. The summed E-state index contributed by atoms with van der Waals surface area (Å²) in [7, 11) is 4.79. The van der Waals surface area contributed by atoms with Gasteiger partial charge in [0.05, 0.1) is 0 Å². The maximum absolute atomic E-state index is 5.78. The zero-order valence-electron chi connectivity index (χ0n) is 5.41. The summed E-state index contributed by atoms with van der Waals surface area (Å²) in [4.78, 5) is 1.81. The molecule has 0 aliphatic carbocycles. The smallest absolute Gasteiger partial charge is 0.167 e. The summed E-state index contributed by atoms with van der Waals surface area (Å²) < 4.78 is -0.619. The minimum Gasteiger partial charge on any atom is -0.279 e. The lowest BCUT2D eigenvalue weighted by Crippen LogP contribution is -2.32. The summed E-state index contributed by atoms with van der Waals surface area (Å²) in [6.45, 7) is 0. The van der Waals surface area contributed by atoms with Gasteiger partial charge >= 0.3 is 0 Å². The van der Waals surface area contributed by atoms with Crippen molar-refractivity contribution in [2.45, 2.75) is 10.5 Å². The summed E-state index contributed by atoms with van der Waals surface area (Å²) >= 11 is 11.6. The number of hydrogen-bond acceptors (Lipinski definition) is 1. The van der Waals surface area contributed by atoms with Gasteiger partial charge in [0.25, 0.3) is 0 Å². The second-order valence-electron chi connectivity index (χ2n) is 1.91. The first-order valence-electron chi connectivity index (χ1n) is 2.56. The fourth-order valence-corrected chi connectivity index (χ4v) is 0.949. The Morgan fingerprint density at radius 1 is 1.50 bits per heavy atom. The van der Waals surface area contributed by atoms with Crippen LogP contribution in [0.15, 0.2) is 0 Å². The van der Waals surface area contributed by atoms with Crippen LogP contribution in [0.25, 0.3) is 0 Å². The number of rotatable bonds is 2. The highest BCUT2D eigenvalue weighted by Crippen LogP contribution is 2.25. The monoisotopic (exact) mass is 171 g/mol. The quantitative estimate of drug-likeness (QED) is 0.332. The highest BCUT2D eigenvalue weighted by Gasteiger charge is 2.22. The molecule has 50 valence electrons. The highest BCUT2D eigenvalue weighted by atomic mass is 35.5. The van der Waals surface area contributed by atoms with E-state index in [-0.39, 0.29) is 0 Å². The van der Waals surface area contributed by atoms with E-state index in [0.717, 1.165) is 16.3 Å². The van der Waals surface area contributed by atoms with E-state index in [4.69, 9.17) is 23.2 Å². The first-order chi connectivity index (χ1) is 3.50. The van der Waals surface area contributed by atoms with Crippen LogP contribution >= 0.6 is 23.2 Å². The number of nitrogens with zero attached hydrogens (tertiary/aromatic N) is 1. The van der Waals surface area contributed by atoms with Gasteiger partial charge in [-0.25, -0.2) is 0 Å². The second-order valence-corrected chi connectivity index (χ2v) is 4.06. The molecule has 0 N–H and O–H groups in total. The maximum Gasteiger partial charge on any atom is 0.167 e. The third kappa shape index (κ3) is 2.35. The van der Waals surface area contributed by atoms with Gasteiger partial charge in [-0.15, -0.1) is 0 Å². The van der Waals surface area contributed by atoms with E-state index < -0.39 is 4.46 Å². The van der Waals surface area contributed by atoms with Crippen LogP contribution in [-0.2, 0) is 0 Å². The summed E-state index contributed by atoms with van der Waals surface area (Å²) in [5.74, 6) is 0. The van der Waals surface area contributed by atoms with Gasteiger partial charge in [-0.1, -0.05) is 23.2 Å². The van der Waals surface area contributed by atoms with Crippen molar-refractivity contribution < 1.29 is 0 Å². The van der Waals surface area contributed by atoms with Crippen LogP contribution in [0, 0.1) is 0 Å². The number of alkyl halides is 2. The highest BCUT2D eigenvalue weighted by molar-refractivity contribution is 6.50. The Kier molecular flexibility index (Phi) is 3.35. The van der Waals surface area contributed by atoms with Gasteiger partial charge in [-0.2, -0.15) is 0 Å². The van der Waals surface area contributed by atoms with Crippen LogP contribution in [0.5, 0.6) is 0 Å². The molecule has 0 saturated heterocycles. The third-order valence-corrected chi connectivity index (χ3v) is 4.21. The lowest BCUT2D eigenvalue weighted by atomic mass is 10.6. The molecule has 0 radical (unpaired) electrons. The predicted molar refractivity (Wildman–Crippen MR) is 42.9 cm³/mol. The molecule has 0 unspecified atom stereocenters. The summed E-state index contributed by atoms with van der Waals surface area (Å²) in [6, 6.07) is 0.878. The molecular weight excluding hydrogens is 161 g/mol. The van der Waals surface area contributed by atoms with Crippen LogP contribution in [0.4, 0.5) is 0 Å². The molecule has 1 nitrogen and oxygen atoms in total. The SMILES string of the molecule is CN(C)C(Cl)(Cl)C[SiH3]. The molecule has 0 bridgehead atoms. The Hall–Kier alpha value is 0.757. The average molecular weight is 172 g/mol. The topological polar surface area (TPSA) is 3.24 Å². The predicted octanol–water partition coefficient (Wildman–Crippen LogP) is 0.463. The normalized spacial score (nSPS) is 13.1. The van der Waals surface area contributed by atoms with Gasteiger partial charge in [0.1, 0.15) is 0 Å². The van der Waals surface area contributed by atoms with Gasteiger partial charge in [-0.05, 0) is 20.1 Å². The van der Waals surface area contributed by atoms with Crippen molar-refractivity contribution in [2.24, 2.45) is 0 Å². The van der Waals surface area contributed by atoms with E-state index in [1.807, 2.05) is 19.0 Å². The molecule has 0 heterocycles. The Labute approximate surface area is 63.4 Å². The van der Waals surface area contributed by atoms with E-state index in [9.17, 15) is 0 Å². The zero-order chi connectivity index (χ0) is 6.78. The summed E-state index contributed by atoms with van der Waals surface area (Å²) in [5, 5.41) is 0. The van der Waals surface area contributed by atoms with Crippen LogP contribution in [0.3, 0.4) is 0 Å². The van der Waals surface area contributed by atoms with Gasteiger partial charge in [0.2, 0.25) is 0 Å². The van der Waals surface area contributed by atoms with Gasteiger partial charge in [0.15, 0.2) is 4.46 Å². The lowest BCUT2D eigenvalue weighted by Gasteiger charge is -2.25. The summed E-state index contributed by atoms with van der Waals surface area (Å²) in [5.41, 5.74) is 0. The first-order valence-corrected chi connectivity index (χ1v) is 4.73. The Balaban J connectivity index is 3.71. The molecule has 0 aliphatic rings. The first kappa shape index (κ1) is 8.76. The van der Waals surface area contributed by atoms with Crippen molar-refractivity contribution in [2.75, 3.05) is 14.1 Å². The third-order valence-electron chi connectivity index (χ3n) is 1.08. The molecule has 8 heavy (non-hydrogen) atoms. The van der Waals surface area contributed by atoms with Crippen molar-refractivity contribution >= 4 is 33.4 Å². The van der Waals surface area contributed by atoms with Gasteiger partial charge in [-0.3, -0.25) is 4.90 Å². The fraction of sp³-hybridized carbons (Fsp3) is 1.00. The maximum atomic E-state index is 5.78. The molecular formula is C4H11Cl2NSi. The van der Waals surface area contributed by atoms with Crippen LogP contribution in [0.1, 0.15) is 0 Å². The molecule has 0 atom stereocenters. The van der Waals surface area contributed by atoms with E-state index in [0.29, 0.717) is 0 Å². The molecule has 0 aromatic rings. The Morgan fingerprint density at radius 3 is 1.88 bits per heavy atom. The number of halogens is 2. The standard InChI is InChI=1S/C4H11Cl2NSi/c1-7(2)4(5,6)3-8/h3H2,1-2,8H3. The molecule has 0 saturated carbocycles. The molecule has 0 aliphatic heterocycles. The average Bonchev–Trinajstić information content (AvgIpc) is 1.67. The molecule has 0 spiro atoms. The zero-order valence-corrected chi connectivity index (χ0v) is 8.92. The largest absolute Gasteiger partial charge is 0.279 e. The summed E-state index contributed by atoms with van der Waals surface area (Å²) in [6.07, 6.45) is 0.